The topological polar surface area (TPSA) is 65.5 Å². The lowest BCUT2D eigenvalue weighted by atomic mass is 10.1. The summed E-state index contributed by atoms with van der Waals surface area (Å²) in [5.74, 6) is 0.402. The van der Waals surface area contributed by atoms with Crippen LogP contribution in [-0.2, 0) is 17.8 Å². The van der Waals surface area contributed by atoms with Gasteiger partial charge in [0.15, 0.2) is 5.96 Å². The van der Waals surface area contributed by atoms with E-state index in [1.54, 1.807) is 12.1 Å². The largest absolute Gasteiger partial charge is 0.357 e. The molecule has 2 rings (SSSR count). The third kappa shape index (κ3) is 8.85. The zero-order chi connectivity index (χ0) is 18.8. The quantitative estimate of drug-likeness (QED) is 0.319. The first-order valence-electron chi connectivity index (χ1n) is 8.70. The van der Waals surface area contributed by atoms with Crippen molar-refractivity contribution < 1.29 is 9.18 Å². The van der Waals surface area contributed by atoms with Crippen molar-refractivity contribution in [1.82, 2.24) is 10.6 Å². The van der Waals surface area contributed by atoms with E-state index in [1.807, 2.05) is 31.2 Å². The van der Waals surface area contributed by atoms with Crippen molar-refractivity contribution in [3.63, 3.8) is 0 Å². The number of guanidine groups is 1. The van der Waals surface area contributed by atoms with E-state index < -0.39 is 0 Å². The number of hydrogen-bond acceptors (Lipinski definition) is 2. The minimum Gasteiger partial charge on any atom is -0.357 e. The van der Waals surface area contributed by atoms with Gasteiger partial charge in [-0.05, 0) is 48.7 Å². The van der Waals surface area contributed by atoms with Crippen LogP contribution in [-0.4, -0.2) is 25.0 Å². The molecule has 5 nitrogen and oxygen atoms in total. The first-order valence-corrected chi connectivity index (χ1v) is 8.70. The predicted octanol–water partition coefficient (Wildman–Crippen LogP) is 3.70. The number of rotatable bonds is 7. The Morgan fingerprint density at radius 2 is 1.81 bits per heavy atom. The van der Waals surface area contributed by atoms with Crippen molar-refractivity contribution in [3.05, 3.63) is 65.5 Å². The van der Waals surface area contributed by atoms with Gasteiger partial charge in [0.2, 0.25) is 5.91 Å². The van der Waals surface area contributed by atoms with Crippen LogP contribution in [0.25, 0.3) is 0 Å². The molecule has 0 aromatic heterocycles. The van der Waals surface area contributed by atoms with Gasteiger partial charge >= 0.3 is 0 Å². The lowest BCUT2D eigenvalue weighted by Crippen LogP contribution is -2.38. The van der Waals surface area contributed by atoms with Crippen LogP contribution in [0.5, 0.6) is 0 Å². The van der Waals surface area contributed by atoms with Gasteiger partial charge < -0.3 is 16.0 Å². The van der Waals surface area contributed by atoms with E-state index in [2.05, 4.69) is 20.9 Å². The maximum Gasteiger partial charge on any atom is 0.221 e. The summed E-state index contributed by atoms with van der Waals surface area (Å²) >= 11 is 0. The molecule has 0 aliphatic rings. The van der Waals surface area contributed by atoms with Gasteiger partial charge in [0.1, 0.15) is 5.82 Å². The van der Waals surface area contributed by atoms with Gasteiger partial charge in [0.05, 0.1) is 6.54 Å². The average Bonchev–Trinajstić information content (AvgIpc) is 2.61. The van der Waals surface area contributed by atoms with Gasteiger partial charge in [-0.25, -0.2) is 9.38 Å². The second-order valence-corrected chi connectivity index (χ2v) is 5.88. The second kappa shape index (κ2) is 12.3. The molecule has 0 saturated carbocycles. The highest BCUT2D eigenvalue weighted by atomic mass is 127. The summed E-state index contributed by atoms with van der Waals surface area (Å²) in [6.45, 7) is 5.45. The fraction of sp³-hybridized carbons (Fsp3) is 0.300. The molecule has 0 heterocycles. The molecule has 0 fully saturated rings. The third-order valence-electron chi connectivity index (χ3n) is 3.63. The van der Waals surface area contributed by atoms with Gasteiger partial charge in [0, 0.05) is 25.7 Å². The summed E-state index contributed by atoms with van der Waals surface area (Å²) in [7, 11) is 0. The van der Waals surface area contributed by atoms with Crippen molar-refractivity contribution >= 4 is 41.5 Å². The maximum atomic E-state index is 12.9. The predicted molar refractivity (Wildman–Crippen MR) is 119 cm³/mol. The lowest BCUT2D eigenvalue weighted by molar-refractivity contribution is -0.114. The molecule has 0 unspecified atom stereocenters. The molecule has 0 spiro atoms. The number of amides is 1. The molecule has 0 saturated heterocycles. The molecule has 2 aromatic rings. The van der Waals surface area contributed by atoms with E-state index in [0.29, 0.717) is 13.1 Å². The highest BCUT2D eigenvalue weighted by Gasteiger charge is 2.01. The van der Waals surface area contributed by atoms with Crippen LogP contribution in [0.3, 0.4) is 0 Å². The van der Waals surface area contributed by atoms with Gasteiger partial charge in [-0.3, -0.25) is 4.79 Å². The molecule has 0 aliphatic carbocycles. The molecule has 27 heavy (non-hydrogen) atoms. The van der Waals surface area contributed by atoms with E-state index in [4.69, 9.17) is 0 Å². The van der Waals surface area contributed by atoms with Gasteiger partial charge in [-0.1, -0.05) is 24.3 Å². The Bertz CT molecular complexity index is 750. The summed E-state index contributed by atoms with van der Waals surface area (Å²) < 4.78 is 12.9. The number of halogens is 2. The molecule has 2 aromatic carbocycles. The fourth-order valence-electron chi connectivity index (χ4n) is 2.44. The van der Waals surface area contributed by atoms with E-state index in [1.165, 1.54) is 19.1 Å². The standard InChI is InChI=1S/C20H25FN4O.HI/c1-3-22-20(23-12-11-16-7-9-18(21)10-8-16)24-14-17-5-4-6-19(13-17)25-15(2)26;/h4-10,13H,3,11-12,14H2,1-2H3,(H,25,26)(H2,22,23,24);1H. The highest BCUT2D eigenvalue weighted by molar-refractivity contribution is 14.0. The number of carbonyl (C=O) groups is 1. The molecule has 0 bridgehead atoms. The monoisotopic (exact) mass is 484 g/mol. The first kappa shape index (κ1) is 22.9. The molecule has 0 atom stereocenters. The smallest absolute Gasteiger partial charge is 0.221 e. The van der Waals surface area contributed by atoms with Crippen LogP contribution >= 0.6 is 24.0 Å². The Balaban J connectivity index is 0.00000364. The molecule has 0 radical (unpaired) electrons. The molecule has 146 valence electrons. The number of carbonyl (C=O) groups excluding carboxylic acids is 1. The summed E-state index contributed by atoms with van der Waals surface area (Å²) in [5.41, 5.74) is 2.84. The normalized spacial score (nSPS) is 10.7. The Labute approximate surface area is 176 Å². The first-order chi connectivity index (χ1) is 12.6. The average molecular weight is 484 g/mol. The molecule has 0 aliphatic heterocycles. The van der Waals surface area contributed by atoms with Crippen LogP contribution in [0, 0.1) is 5.82 Å². The maximum absolute atomic E-state index is 12.9. The van der Waals surface area contributed by atoms with Crippen LogP contribution in [0.4, 0.5) is 10.1 Å². The van der Waals surface area contributed by atoms with Crippen molar-refractivity contribution in [2.24, 2.45) is 4.99 Å². The number of hydrogen-bond donors (Lipinski definition) is 3. The Morgan fingerprint density at radius 1 is 1.07 bits per heavy atom. The zero-order valence-electron chi connectivity index (χ0n) is 15.6. The van der Waals surface area contributed by atoms with Crippen molar-refractivity contribution in [1.29, 1.82) is 0 Å². The fourth-order valence-corrected chi connectivity index (χ4v) is 2.44. The third-order valence-corrected chi connectivity index (χ3v) is 3.63. The molecule has 7 heteroatoms. The van der Waals surface area contributed by atoms with Crippen LogP contribution in [0.2, 0.25) is 0 Å². The Hall–Kier alpha value is -2.16. The number of anilines is 1. The van der Waals surface area contributed by atoms with E-state index in [0.717, 1.165) is 35.7 Å². The number of nitrogens with zero attached hydrogens (tertiary/aromatic N) is 1. The summed E-state index contributed by atoms with van der Waals surface area (Å²) in [6, 6.07) is 14.1. The Morgan fingerprint density at radius 3 is 2.48 bits per heavy atom. The van der Waals surface area contributed by atoms with Crippen molar-refractivity contribution in [2.75, 3.05) is 18.4 Å². The van der Waals surface area contributed by atoms with Crippen molar-refractivity contribution in [2.45, 2.75) is 26.8 Å². The van der Waals surface area contributed by atoms with E-state index in [9.17, 15) is 9.18 Å². The molecule has 1 amide bonds. The summed E-state index contributed by atoms with van der Waals surface area (Å²) in [4.78, 5) is 15.7. The second-order valence-electron chi connectivity index (χ2n) is 5.88. The molecule has 3 N–H and O–H groups in total. The lowest BCUT2D eigenvalue weighted by Gasteiger charge is -2.11. The van der Waals surface area contributed by atoms with E-state index >= 15 is 0 Å². The van der Waals surface area contributed by atoms with Crippen molar-refractivity contribution in [3.8, 4) is 0 Å². The SMILES string of the molecule is CCNC(=NCc1cccc(NC(C)=O)c1)NCCc1ccc(F)cc1.I. The van der Waals surface area contributed by atoms with Gasteiger partial charge in [0.25, 0.3) is 0 Å². The van der Waals surface area contributed by atoms with E-state index in [-0.39, 0.29) is 35.7 Å². The minimum atomic E-state index is -0.224. The van der Waals surface area contributed by atoms with Gasteiger partial charge in [-0.2, -0.15) is 0 Å². The summed E-state index contributed by atoms with van der Waals surface area (Å²) in [6.07, 6.45) is 0.780. The zero-order valence-corrected chi connectivity index (χ0v) is 17.9. The van der Waals surface area contributed by atoms with Gasteiger partial charge in [-0.15, -0.1) is 24.0 Å². The Kier molecular flexibility index (Phi) is 10.4. The highest BCUT2D eigenvalue weighted by Crippen LogP contribution is 2.11. The van der Waals surface area contributed by atoms with Crippen LogP contribution in [0.15, 0.2) is 53.5 Å². The number of nitrogens with one attached hydrogen (secondary N) is 3. The molecular formula is C20H26FIN4O. The molecular weight excluding hydrogens is 458 g/mol. The summed E-state index contributed by atoms with van der Waals surface area (Å²) in [5, 5.41) is 9.25. The number of aliphatic imine (C=N–C) groups is 1. The minimum absolute atomic E-state index is 0. The van der Waals surface area contributed by atoms with Crippen LogP contribution < -0.4 is 16.0 Å². The number of benzene rings is 2. The van der Waals surface area contributed by atoms with Crippen LogP contribution in [0.1, 0.15) is 25.0 Å².